The number of rotatable bonds is 5. The second kappa shape index (κ2) is 6.35. The van der Waals surface area contributed by atoms with Crippen LogP contribution in [0.2, 0.25) is 0 Å². The number of hydrogen-bond acceptors (Lipinski definition) is 2. The lowest BCUT2D eigenvalue weighted by molar-refractivity contribution is 0.207. The number of benzene rings is 1. The van der Waals surface area contributed by atoms with E-state index in [0.29, 0.717) is 12.0 Å². The number of fused-ring (bicyclic) bond motifs is 1. The molecule has 1 aliphatic carbocycles. The summed E-state index contributed by atoms with van der Waals surface area (Å²) in [5, 5.41) is 0. The predicted octanol–water partition coefficient (Wildman–Crippen LogP) is 2.78. The zero-order valence-corrected chi connectivity index (χ0v) is 11.7. The minimum atomic E-state index is 0.586. The molecule has 0 spiro atoms. The molecule has 0 saturated heterocycles. The van der Waals surface area contributed by atoms with Crippen LogP contribution in [-0.4, -0.2) is 30.6 Å². The molecule has 2 rings (SSSR count). The molecule has 18 heavy (non-hydrogen) atoms. The minimum absolute atomic E-state index is 0.586. The summed E-state index contributed by atoms with van der Waals surface area (Å²) in [5.41, 5.74) is 8.86. The zero-order valence-electron chi connectivity index (χ0n) is 11.7. The molecule has 0 radical (unpaired) electrons. The average molecular weight is 246 g/mol. The van der Waals surface area contributed by atoms with Crippen molar-refractivity contribution in [3.05, 3.63) is 35.4 Å². The minimum Gasteiger partial charge on any atom is -0.329 e. The molecule has 0 aromatic heterocycles. The summed E-state index contributed by atoms with van der Waals surface area (Å²) in [5.74, 6) is 0.698. The number of nitrogens with zero attached hydrogens (tertiary/aromatic N) is 1. The molecule has 1 aromatic carbocycles. The van der Waals surface area contributed by atoms with E-state index in [0.717, 1.165) is 19.6 Å². The van der Waals surface area contributed by atoms with Crippen molar-refractivity contribution in [3.63, 3.8) is 0 Å². The fourth-order valence-corrected chi connectivity index (χ4v) is 3.05. The largest absolute Gasteiger partial charge is 0.329 e. The molecule has 0 saturated carbocycles. The molecule has 100 valence electrons. The topological polar surface area (TPSA) is 29.3 Å². The first-order valence-corrected chi connectivity index (χ1v) is 7.24. The number of aryl methyl sites for hydroxylation is 1. The molecular formula is C16H26N2. The normalized spacial score (nSPS) is 19.3. The van der Waals surface area contributed by atoms with Gasteiger partial charge >= 0.3 is 0 Å². The van der Waals surface area contributed by atoms with Gasteiger partial charge in [-0.2, -0.15) is 0 Å². The Labute approximate surface area is 111 Å². The summed E-state index contributed by atoms with van der Waals surface area (Å²) in [7, 11) is 0. The van der Waals surface area contributed by atoms with Crippen molar-refractivity contribution in [1.29, 1.82) is 0 Å². The lowest BCUT2D eigenvalue weighted by Gasteiger charge is -2.33. The van der Waals surface area contributed by atoms with Gasteiger partial charge in [0.1, 0.15) is 0 Å². The van der Waals surface area contributed by atoms with Crippen LogP contribution in [0.15, 0.2) is 24.3 Å². The van der Waals surface area contributed by atoms with Crippen molar-refractivity contribution in [2.75, 3.05) is 19.6 Å². The first-order chi connectivity index (χ1) is 8.72. The zero-order chi connectivity index (χ0) is 13.0. The Bertz CT molecular complexity index is 373. The van der Waals surface area contributed by atoms with Gasteiger partial charge in [0.05, 0.1) is 0 Å². The van der Waals surface area contributed by atoms with Crippen LogP contribution in [0.1, 0.15) is 43.7 Å². The van der Waals surface area contributed by atoms with Gasteiger partial charge in [-0.15, -0.1) is 0 Å². The lowest BCUT2D eigenvalue weighted by Crippen LogP contribution is -2.39. The molecule has 2 N–H and O–H groups in total. The quantitative estimate of drug-likeness (QED) is 0.865. The molecule has 0 heterocycles. The van der Waals surface area contributed by atoms with E-state index in [1.165, 1.54) is 19.3 Å². The van der Waals surface area contributed by atoms with Crippen LogP contribution < -0.4 is 5.73 Å². The summed E-state index contributed by atoms with van der Waals surface area (Å²) in [6.07, 6.45) is 3.91. The van der Waals surface area contributed by atoms with Gasteiger partial charge < -0.3 is 5.73 Å². The van der Waals surface area contributed by atoms with Crippen LogP contribution in [0, 0.1) is 0 Å². The molecule has 1 aliphatic rings. The predicted molar refractivity (Wildman–Crippen MR) is 77.9 cm³/mol. The first kappa shape index (κ1) is 13.6. The maximum Gasteiger partial charge on any atom is 0.0108 e. The van der Waals surface area contributed by atoms with Crippen LogP contribution in [0.4, 0.5) is 0 Å². The van der Waals surface area contributed by atoms with Gasteiger partial charge in [-0.3, -0.25) is 4.90 Å². The van der Waals surface area contributed by atoms with Crippen LogP contribution in [0.5, 0.6) is 0 Å². The Hall–Kier alpha value is -0.860. The molecule has 2 nitrogen and oxygen atoms in total. The maximum atomic E-state index is 5.73. The Morgan fingerprint density at radius 3 is 2.83 bits per heavy atom. The second-order valence-corrected chi connectivity index (χ2v) is 5.67. The van der Waals surface area contributed by atoms with E-state index >= 15 is 0 Å². The van der Waals surface area contributed by atoms with Gasteiger partial charge in [0, 0.05) is 25.7 Å². The molecule has 1 atom stereocenters. The van der Waals surface area contributed by atoms with Crippen LogP contribution in [0.3, 0.4) is 0 Å². The molecule has 0 fully saturated rings. The molecule has 0 amide bonds. The van der Waals surface area contributed by atoms with Gasteiger partial charge in [0.15, 0.2) is 0 Å². The van der Waals surface area contributed by atoms with E-state index in [2.05, 4.69) is 43.0 Å². The van der Waals surface area contributed by atoms with Gasteiger partial charge in [-0.25, -0.2) is 0 Å². The van der Waals surface area contributed by atoms with E-state index in [1.54, 1.807) is 11.1 Å². The smallest absolute Gasteiger partial charge is 0.0108 e. The highest BCUT2D eigenvalue weighted by atomic mass is 15.2. The van der Waals surface area contributed by atoms with Gasteiger partial charge in [-0.1, -0.05) is 24.3 Å². The van der Waals surface area contributed by atoms with Crippen molar-refractivity contribution in [1.82, 2.24) is 4.90 Å². The van der Waals surface area contributed by atoms with Gasteiger partial charge in [-0.05, 0) is 50.2 Å². The van der Waals surface area contributed by atoms with Crippen LogP contribution in [-0.2, 0) is 6.42 Å². The van der Waals surface area contributed by atoms with Crippen molar-refractivity contribution < 1.29 is 0 Å². The molecule has 1 unspecified atom stereocenters. The third kappa shape index (κ3) is 3.12. The Balaban J connectivity index is 2.10. The average Bonchev–Trinajstić information content (AvgIpc) is 2.38. The molecule has 0 bridgehead atoms. The second-order valence-electron chi connectivity index (χ2n) is 5.67. The monoisotopic (exact) mass is 246 g/mol. The van der Waals surface area contributed by atoms with Crippen molar-refractivity contribution in [2.24, 2.45) is 5.73 Å². The van der Waals surface area contributed by atoms with E-state index in [9.17, 15) is 0 Å². The number of hydrogen-bond donors (Lipinski definition) is 1. The summed E-state index contributed by atoms with van der Waals surface area (Å²) >= 11 is 0. The Morgan fingerprint density at radius 2 is 2.11 bits per heavy atom. The highest BCUT2D eigenvalue weighted by Crippen LogP contribution is 2.32. The molecule has 1 aromatic rings. The fraction of sp³-hybridized carbons (Fsp3) is 0.625. The summed E-state index contributed by atoms with van der Waals surface area (Å²) < 4.78 is 0. The highest BCUT2D eigenvalue weighted by Gasteiger charge is 2.22. The standard InChI is InChI=1S/C16H26N2/c1-13(2)18(11-10-17)12-15-8-5-7-14-6-3-4-9-16(14)15/h3-4,6,9,13,15H,5,7-8,10-12,17H2,1-2H3. The van der Waals surface area contributed by atoms with Crippen LogP contribution in [0.25, 0.3) is 0 Å². The summed E-state index contributed by atoms with van der Waals surface area (Å²) in [6, 6.07) is 9.55. The fourth-order valence-electron chi connectivity index (χ4n) is 3.05. The first-order valence-electron chi connectivity index (χ1n) is 7.24. The molecule has 0 aliphatic heterocycles. The van der Waals surface area contributed by atoms with Crippen molar-refractivity contribution in [3.8, 4) is 0 Å². The van der Waals surface area contributed by atoms with E-state index < -0.39 is 0 Å². The van der Waals surface area contributed by atoms with E-state index in [-0.39, 0.29) is 0 Å². The molecule has 2 heteroatoms. The third-order valence-corrected chi connectivity index (χ3v) is 4.10. The highest BCUT2D eigenvalue weighted by molar-refractivity contribution is 5.32. The summed E-state index contributed by atoms with van der Waals surface area (Å²) in [6.45, 7) is 7.46. The Morgan fingerprint density at radius 1 is 1.33 bits per heavy atom. The van der Waals surface area contributed by atoms with Crippen LogP contribution >= 0.6 is 0 Å². The third-order valence-electron chi connectivity index (χ3n) is 4.10. The number of nitrogens with two attached hydrogens (primary N) is 1. The lowest BCUT2D eigenvalue weighted by atomic mass is 9.82. The molecular weight excluding hydrogens is 220 g/mol. The van der Waals surface area contributed by atoms with Crippen molar-refractivity contribution in [2.45, 2.75) is 45.1 Å². The SMILES string of the molecule is CC(C)N(CCN)CC1CCCc2ccccc21. The van der Waals surface area contributed by atoms with Gasteiger partial charge in [0.2, 0.25) is 0 Å². The summed E-state index contributed by atoms with van der Waals surface area (Å²) in [4.78, 5) is 2.52. The van der Waals surface area contributed by atoms with E-state index in [1.807, 2.05) is 0 Å². The van der Waals surface area contributed by atoms with E-state index in [4.69, 9.17) is 5.73 Å². The van der Waals surface area contributed by atoms with Crippen molar-refractivity contribution >= 4 is 0 Å². The van der Waals surface area contributed by atoms with Gasteiger partial charge in [0.25, 0.3) is 0 Å². The Kier molecular flexibility index (Phi) is 4.79. The maximum absolute atomic E-state index is 5.73.